The van der Waals surface area contributed by atoms with Crippen molar-refractivity contribution in [3.8, 4) is 0 Å². The first kappa shape index (κ1) is 15.8. The minimum atomic E-state index is -0.810. The number of hydrogen-bond acceptors (Lipinski definition) is 2. The largest absolute Gasteiger partial charge is 0.481 e. The smallest absolute Gasteiger partial charge is 0.319 e. The molecule has 0 saturated carbocycles. The number of carboxylic acid groups (broad SMARTS) is 1. The number of nitrogens with zero attached hydrogens (tertiary/aromatic N) is 2. The summed E-state index contributed by atoms with van der Waals surface area (Å²) in [6.07, 6.45) is 1.68. The highest BCUT2D eigenvalue weighted by Gasteiger charge is 2.34. The molecule has 1 aliphatic rings. The van der Waals surface area contributed by atoms with E-state index in [0.29, 0.717) is 18.9 Å². The third kappa shape index (κ3) is 4.73. The molecule has 0 aliphatic carbocycles. The average molecular weight is 270 g/mol. The summed E-state index contributed by atoms with van der Waals surface area (Å²) in [6, 6.07) is 0.0251. The molecular formula is C14H26N2O3. The van der Waals surface area contributed by atoms with Gasteiger partial charge in [-0.1, -0.05) is 20.8 Å². The van der Waals surface area contributed by atoms with E-state index in [1.807, 2.05) is 4.90 Å². The molecule has 1 atom stereocenters. The average Bonchev–Trinajstić information content (AvgIpc) is 2.76. The van der Waals surface area contributed by atoms with Crippen LogP contribution in [0.3, 0.4) is 0 Å². The number of urea groups is 1. The van der Waals surface area contributed by atoms with E-state index in [9.17, 15) is 9.59 Å². The Kier molecular flexibility index (Phi) is 5.20. The Morgan fingerprint density at radius 2 is 2.00 bits per heavy atom. The first-order chi connectivity index (χ1) is 8.71. The molecular weight excluding hydrogens is 244 g/mol. The van der Waals surface area contributed by atoms with Crippen molar-refractivity contribution in [2.45, 2.75) is 40.0 Å². The van der Waals surface area contributed by atoms with E-state index in [2.05, 4.69) is 20.8 Å². The molecule has 0 aromatic heterocycles. The summed E-state index contributed by atoms with van der Waals surface area (Å²) in [5, 5.41) is 8.59. The second kappa shape index (κ2) is 6.26. The summed E-state index contributed by atoms with van der Waals surface area (Å²) in [5.41, 5.74) is 0.233. The van der Waals surface area contributed by atoms with Crippen LogP contribution < -0.4 is 0 Å². The van der Waals surface area contributed by atoms with E-state index >= 15 is 0 Å². The van der Waals surface area contributed by atoms with Crippen molar-refractivity contribution in [2.75, 3.05) is 26.7 Å². The lowest BCUT2D eigenvalue weighted by molar-refractivity contribution is -0.137. The number of hydrogen-bond donors (Lipinski definition) is 1. The van der Waals surface area contributed by atoms with Crippen molar-refractivity contribution in [1.82, 2.24) is 9.80 Å². The molecule has 0 aromatic carbocycles. The van der Waals surface area contributed by atoms with Gasteiger partial charge in [-0.25, -0.2) is 4.79 Å². The monoisotopic (exact) mass is 270 g/mol. The Bertz CT molecular complexity index is 336. The second-order valence-electron chi connectivity index (χ2n) is 6.50. The van der Waals surface area contributed by atoms with Crippen molar-refractivity contribution in [1.29, 1.82) is 0 Å². The molecule has 1 aliphatic heterocycles. The zero-order valence-corrected chi connectivity index (χ0v) is 12.5. The van der Waals surface area contributed by atoms with Crippen LogP contribution in [0.2, 0.25) is 0 Å². The van der Waals surface area contributed by atoms with Gasteiger partial charge in [-0.05, 0) is 24.2 Å². The molecule has 1 unspecified atom stereocenters. The Hall–Kier alpha value is -1.26. The topological polar surface area (TPSA) is 60.9 Å². The predicted octanol–water partition coefficient (Wildman–Crippen LogP) is 2.27. The standard InChI is InChI=1S/C14H26N2O3/c1-14(2,3)11-7-9-16(10-11)13(19)15(4)8-5-6-12(17)18/h11H,5-10H2,1-4H3,(H,17,18). The molecule has 0 aromatic rings. The van der Waals surface area contributed by atoms with Crippen molar-refractivity contribution in [3.63, 3.8) is 0 Å². The van der Waals surface area contributed by atoms with Gasteiger partial charge in [-0.3, -0.25) is 4.79 Å². The number of carbonyl (C=O) groups is 2. The zero-order chi connectivity index (χ0) is 14.6. The second-order valence-corrected chi connectivity index (χ2v) is 6.50. The summed E-state index contributed by atoms with van der Waals surface area (Å²) in [4.78, 5) is 26.2. The van der Waals surface area contributed by atoms with E-state index in [-0.39, 0.29) is 17.9 Å². The van der Waals surface area contributed by atoms with Gasteiger partial charge in [-0.15, -0.1) is 0 Å². The molecule has 1 fully saturated rings. The minimum Gasteiger partial charge on any atom is -0.481 e. The maximum absolute atomic E-state index is 12.2. The first-order valence-electron chi connectivity index (χ1n) is 6.93. The lowest BCUT2D eigenvalue weighted by atomic mass is 9.80. The summed E-state index contributed by atoms with van der Waals surface area (Å²) >= 11 is 0. The number of aliphatic carboxylic acids is 1. The molecule has 0 radical (unpaired) electrons. The Morgan fingerprint density at radius 1 is 1.37 bits per heavy atom. The van der Waals surface area contributed by atoms with Crippen molar-refractivity contribution in [3.05, 3.63) is 0 Å². The Morgan fingerprint density at radius 3 is 2.47 bits per heavy atom. The van der Waals surface area contributed by atoms with E-state index in [4.69, 9.17) is 5.11 Å². The molecule has 110 valence electrons. The number of rotatable bonds is 4. The van der Waals surface area contributed by atoms with Crippen molar-refractivity contribution in [2.24, 2.45) is 11.3 Å². The van der Waals surface area contributed by atoms with Crippen molar-refractivity contribution < 1.29 is 14.7 Å². The number of likely N-dealkylation sites (tertiary alicyclic amines) is 1. The minimum absolute atomic E-state index is 0.0251. The SMILES string of the molecule is CN(CCCC(=O)O)C(=O)N1CCC(C(C)(C)C)C1. The van der Waals surface area contributed by atoms with E-state index < -0.39 is 5.97 Å². The van der Waals surface area contributed by atoms with Gasteiger partial charge in [0.25, 0.3) is 0 Å². The maximum Gasteiger partial charge on any atom is 0.319 e. The van der Waals surface area contributed by atoms with Crippen LogP contribution in [-0.2, 0) is 4.79 Å². The van der Waals surface area contributed by atoms with Crippen LogP contribution in [0.1, 0.15) is 40.0 Å². The molecule has 1 N–H and O–H groups in total. The van der Waals surface area contributed by atoms with Crippen molar-refractivity contribution >= 4 is 12.0 Å². The number of carboxylic acids is 1. The molecule has 1 rings (SSSR count). The van der Waals surface area contributed by atoms with E-state index in [1.165, 1.54) is 0 Å². The fourth-order valence-electron chi connectivity index (χ4n) is 2.45. The normalized spacial score (nSPS) is 19.6. The Balaban J connectivity index is 2.40. The van der Waals surface area contributed by atoms with Gasteiger partial charge in [0.15, 0.2) is 0 Å². The predicted molar refractivity (Wildman–Crippen MR) is 74.0 cm³/mol. The molecule has 1 heterocycles. The highest BCUT2D eigenvalue weighted by atomic mass is 16.4. The lowest BCUT2D eigenvalue weighted by Crippen LogP contribution is -2.41. The fraction of sp³-hybridized carbons (Fsp3) is 0.857. The molecule has 0 bridgehead atoms. The quantitative estimate of drug-likeness (QED) is 0.852. The summed E-state index contributed by atoms with van der Waals surface area (Å²) in [6.45, 7) is 8.75. The van der Waals surface area contributed by atoms with Crippen LogP contribution in [0.25, 0.3) is 0 Å². The third-order valence-corrected chi connectivity index (χ3v) is 3.89. The highest BCUT2D eigenvalue weighted by molar-refractivity contribution is 5.74. The molecule has 1 saturated heterocycles. The molecule has 5 heteroatoms. The molecule has 0 spiro atoms. The van der Waals surface area contributed by atoms with Gasteiger partial charge in [0.1, 0.15) is 0 Å². The summed E-state index contributed by atoms with van der Waals surface area (Å²) < 4.78 is 0. The van der Waals surface area contributed by atoms with Gasteiger partial charge in [-0.2, -0.15) is 0 Å². The van der Waals surface area contributed by atoms with Crippen LogP contribution in [0.4, 0.5) is 4.79 Å². The Labute approximate surface area is 115 Å². The summed E-state index contributed by atoms with van der Waals surface area (Å²) in [7, 11) is 1.74. The highest BCUT2D eigenvalue weighted by Crippen LogP contribution is 2.33. The van der Waals surface area contributed by atoms with E-state index in [0.717, 1.165) is 19.5 Å². The lowest BCUT2D eigenvalue weighted by Gasteiger charge is -2.28. The van der Waals surface area contributed by atoms with Crippen LogP contribution in [-0.4, -0.2) is 53.6 Å². The van der Waals surface area contributed by atoms with Crippen LogP contribution >= 0.6 is 0 Å². The van der Waals surface area contributed by atoms with E-state index in [1.54, 1.807) is 11.9 Å². The van der Waals surface area contributed by atoms with Gasteiger partial charge < -0.3 is 14.9 Å². The third-order valence-electron chi connectivity index (χ3n) is 3.89. The molecule has 2 amide bonds. The first-order valence-corrected chi connectivity index (χ1v) is 6.93. The molecule has 5 nitrogen and oxygen atoms in total. The summed E-state index contributed by atoms with van der Waals surface area (Å²) in [5.74, 6) is -0.265. The van der Waals surface area contributed by atoms with Gasteiger partial charge in [0.05, 0.1) is 0 Å². The van der Waals surface area contributed by atoms with Crippen LogP contribution in [0.15, 0.2) is 0 Å². The number of amides is 2. The fourth-order valence-corrected chi connectivity index (χ4v) is 2.45. The van der Waals surface area contributed by atoms with Gasteiger partial charge in [0.2, 0.25) is 0 Å². The maximum atomic E-state index is 12.2. The van der Waals surface area contributed by atoms with Crippen LogP contribution in [0.5, 0.6) is 0 Å². The van der Waals surface area contributed by atoms with Crippen LogP contribution in [0, 0.1) is 11.3 Å². The van der Waals surface area contributed by atoms with Gasteiger partial charge in [0, 0.05) is 33.1 Å². The van der Waals surface area contributed by atoms with Gasteiger partial charge >= 0.3 is 12.0 Å². The number of carbonyl (C=O) groups excluding carboxylic acids is 1. The zero-order valence-electron chi connectivity index (χ0n) is 12.5. The molecule has 19 heavy (non-hydrogen) atoms.